The minimum atomic E-state index is -1.46. The van der Waals surface area contributed by atoms with Gasteiger partial charge in [0.15, 0.2) is 6.29 Å². The smallest absolute Gasteiger partial charge is 0.208 e. The summed E-state index contributed by atoms with van der Waals surface area (Å²) in [7, 11) is 0. The van der Waals surface area contributed by atoms with E-state index in [1.807, 2.05) is 0 Å². The van der Waals surface area contributed by atoms with Crippen LogP contribution < -0.4 is 0 Å². The van der Waals surface area contributed by atoms with Gasteiger partial charge in [-0.1, -0.05) is 63.7 Å². The van der Waals surface area contributed by atoms with Crippen molar-refractivity contribution in [2.75, 3.05) is 17.3 Å². The minimum Gasteiger partial charge on any atom is -0.394 e. The third kappa shape index (κ3) is 4.00. The molecular formula is C12H18Br4O7. The highest BCUT2D eigenvalue weighted by Gasteiger charge is 2.57. The molecule has 0 bridgehead atoms. The van der Waals surface area contributed by atoms with Crippen LogP contribution in [0.3, 0.4) is 0 Å². The van der Waals surface area contributed by atoms with Crippen molar-refractivity contribution in [1.82, 2.24) is 0 Å². The molecular weight excluding hydrogens is 576 g/mol. The first-order valence-corrected chi connectivity index (χ1v) is 10.9. The maximum Gasteiger partial charge on any atom is 0.208 e. The SMILES string of the molecule is OC[C@H]1O[C@H](O[C@]2(CBr)O[C@H](CBr)[C@H](Br)[C@H]2O)[C@H](O)[C@@H](O)[C@H]1Br. The van der Waals surface area contributed by atoms with E-state index >= 15 is 0 Å². The largest absolute Gasteiger partial charge is 0.394 e. The Labute approximate surface area is 167 Å². The number of hydrogen-bond donors (Lipinski definition) is 4. The summed E-state index contributed by atoms with van der Waals surface area (Å²) in [6.07, 6.45) is -6.00. The molecule has 4 N–H and O–H groups in total. The van der Waals surface area contributed by atoms with Crippen molar-refractivity contribution in [3.8, 4) is 0 Å². The molecule has 0 saturated carbocycles. The summed E-state index contributed by atoms with van der Waals surface area (Å²) in [5, 5.41) is 40.6. The Morgan fingerprint density at radius 2 is 1.65 bits per heavy atom. The van der Waals surface area contributed by atoms with Crippen LogP contribution in [0.2, 0.25) is 0 Å². The van der Waals surface area contributed by atoms with Crippen LogP contribution in [0.4, 0.5) is 0 Å². The lowest BCUT2D eigenvalue weighted by Gasteiger charge is -2.43. The molecule has 0 aliphatic carbocycles. The van der Waals surface area contributed by atoms with Crippen LogP contribution in [0.15, 0.2) is 0 Å². The molecule has 0 aromatic carbocycles. The van der Waals surface area contributed by atoms with E-state index in [9.17, 15) is 20.4 Å². The fourth-order valence-corrected chi connectivity index (χ4v) is 5.46. The van der Waals surface area contributed by atoms with E-state index in [0.717, 1.165) is 0 Å². The fraction of sp³-hybridized carbons (Fsp3) is 1.00. The van der Waals surface area contributed by atoms with Crippen LogP contribution in [0.1, 0.15) is 0 Å². The van der Waals surface area contributed by atoms with Gasteiger partial charge < -0.3 is 34.6 Å². The molecule has 11 heteroatoms. The molecule has 2 rings (SSSR count). The molecule has 9 atom stereocenters. The Hall–Kier alpha value is 1.64. The van der Waals surface area contributed by atoms with Gasteiger partial charge in [-0.2, -0.15) is 0 Å². The van der Waals surface area contributed by atoms with Gasteiger partial charge in [0.2, 0.25) is 5.79 Å². The van der Waals surface area contributed by atoms with Crippen molar-refractivity contribution in [2.24, 2.45) is 0 Å². The lowest BCUT2D eigenvalue weighted by molar-refractivity contribution is -0.355. The van der Waals surface area contributed by atoms with Gasteiger partial charge in [-0.25, -0.2) is 0 Å². The van der Waals surface area contributed by atoms with E-state index in [2.05, 4.69) is 63.7 Å². The summed E-state index contributed by atoms with van der Waals surface area (Å²) < 4.78 is 17.0. The van der Waals surface area contributed by atoms with Gasteiger partial charge in [0, 0.05) is 5.33 Å². The first-order valence-electron chi connectivity index (χ1n) is 6.87. The summed E-state index contributed by atoms with van der Waals surface area (Å²) in [6.45, 7) is -0.366. The van der Waals surface area contributed by atoms with E-state index in [4.69, 9.17) is 14.2 Å². The van der Waals surface area contributed by atoms with Crippen molar-refractivity contribution in [3.63, 3.8) is 0 Å². The lowest BCUT2D eigenvalue weighted by Crippen LogP contribution is -2.60. The minimum absolute atomic E-state index is 0.122. The molecule has 0 amide bonds. The van der Waals surface area contributed by atoms with Crippen molar-refractivity contribution < 1.29 is 34.6 Å². The van der Waals surface area contributed by atoms with Crippen LogP contribution in [0, 0.1) is 0 Å². The monoisotopic (exact) mass is 590 g/mol. The highest BCUT2D eigenvalue weighted by molar-refractivity contribution is 9.10. The first-order chi connectivity index (χ1) is 10.8. The van der Waals surface area contributed by atoms with Crippen LogP contribution in [-0.2, 0) is 14.2 Å². The van der Waals surface area contributed by atoms with Gasteiger partial charge in [-0.15, -0.1) is 0 Å². The Morgan fingerprint density at radius 3 is 2.13 bits per heavy atom. The number of alkyl halides is 4. The molecule has 2 heterocycles. The predicted molar refractivity (Wildman–Crippen MR) is 95.5 cm³/mol. The van der Waals surface area contributed by atoms with Gasteiger partial charge >= 0.3 is 0 Å². The molecule has 2 aliphatic rings. The predicted octanol–water partition coefficient (Wildman–Crippen LogP) is 0.215. The quantitative estimate of drug-likeness (QED) is 0.338. The third-order valence-corrected chi connectivity index (χ3v) is 7.55. The lowest BCUT2D eigenvalue weighted by atomic mass is 10.0. The van der Waals surface area contributed by atoms with Gasteiger partial charge in [-0.05, 0) is 0 Å². The highest BCUT2D eigenvalue weighted by atomic mass is 79.9. The molecule has 0 unspecified atom stereocenters. The van der Waals surface area contributed by atoms with E-state index in [-0.39, 0.29) is 22.9 Å². The highest BCUT2D eigenvalue weighted by Crippen LogP contribution is 2.41. The average Bonchev–Trinajstić information content (AvgIpc) is 2.80. The molecule has 0 aromatic heterocycles. The normalized spacial score (nSPS) is 51.1. The first kappa shape index (κ1) is 20.9. The van der Waals surface area contributed by atoms with Crippen molar-refractivity contribution in [2.45, 2.75) is 52.3 Å². The molecule has 2 saturated heterocycles. The number of hydrogen-bond acceptors (Lipinski definition) is 7. The maximum absolute atomic E-state index is 10.5. The van der Waals surface area contributed by atoms with Gasteiger partial charge in [0.05, 0.1) is 39.9 Å². The van der Waals surface area contributed by atoms with E-state index in [1.54, 1.807) is 0 Å². The summed E-state index contributed by atoms with van der Waals surface area (Å²) in [5.41, 5.74) is 0. The number of halogens is 4. The van der Waals surface area contributed by atoms with Crippen molar-refractivity contribution in [1.29, 1.82) is 0 Å². The topological polar surface area (TPSA) is 109 Å². The van der Waals surface area contributed by atoms with Crippen LogP contribution >= 0.6 is 63.7 Å². The van der Waals surface area contributed by atoms with Gasteiger partial charge in [0.25, 0.3) is 0 Å². The molecule has 0 radical (unpaired) electrons. The molecule has 2 aliphatic heterocycles. The molecule has 2 fully saturated rings. The van der Waals surface area contributed by atoms with Crippen molar-refractivity contribution in [3.05, 3.63) is 0 Å². The number of aliphatic hydroxyl groups is 4. The fourth-order valence-electron chi connectivity index (χ4n) is 2.53. The number of rotatable bonds is 5. The Balaban J connectivity index is 2.18. The molecule has 0 aromatic rings. The molecule has 23 heavy (non-hydrogen) atoms. The zero-order valence-corrected chi connectivity index (χ0v) is 18.1. The Kier molecular flexibility index (Phi) is 7.79. The van der Waals surface area contributed by atoms with Crippen molar-refractivity contribution >= 4 is 63.7 Å². The second-order valence-corrected chi connectivity index (χ2v) is 8.74. The Morgan fingerprint density at radius 1 is 1.00 bits per heavy atom. The number of aliphatic hydroxyl groups excluding tert-OH is 4. The molecule has 0 spiro atoms. The Bertz CT molecular complexity index is 404. The summed E-state index contributed by atoms with van der Waals surface area (Å²) >= 11 is 13.1. The summed E-state index contributed by atoms with van der Waals surface area (Å²) in [5.74, 6) is -1.46. The third-order valence-electron chi connectivity index (χ3n) is 3.91. The zero-order chi connectivity index (χ0) is 17.4. The van der Waals surface area contributed by atoms with E-state index < -0.39 is 41.3 Å². The van der Waals surface area contributed by atoms with Gasteiger partial charge in [0.1, 0.15) is 12.2 Å². The summed E-state index contributed by atoms with van der Waals surface area (Å²) in [6, 6.07) is 0. The van der Waals surface area contributed by atoms with Gasteiger partial charge in [-0.3, -0.25) is 0 Å². The molecule has 7 nitrogen and oxygen atoms in total. The van der Waals surface area contributed by atoms with E-state index in [0.29, 0.717) is 5.33 Å². The maximum atomic E-state index is 10.5. The number of ether oxygens (including phenoxy) is 3. The zero-order valence-electron chi connectivity index (χ0n) is 11.8. The summed E-state index contributed by atoms with van der Waals surface area (Å²) in [4.78, 5) is -1.03. The van der Waals surface area contributed by atoms with E-state index in [1.165, 1.54) is 0 Å². The standard InChI is InChI=1S/C12H18Br4O7/c13-1-4-7(16)10(20)12(3-14,22-4)23-11-9(19)8(18)6(15)5(2-17)21-11/h4-11,17-20H,1-3H2/t4-,5-,6+,7+,8+,9-,10-,11-,12+/m1/s1. The van der Waals surface area contributed by atoms with Crippen LogP contribution in [0.25, 0.3) is 0 Å². The molecule has 136 valence electrons. The second-order valence-electron chi connectivity index (χ2n) is 5.41. The van der Waals surface area contributed by atoms with Crippen LogP contribution in [0.5, 0.6) is 0 Å². The van der Waals surface area contributed by atoms with Crippen LogP contribution in [-0.4, -0.2) is 89.9 Å². The second kappa shape index (κ2) is 8.55. The average molecular weight is 594 g/mol.